The number of hydrogen-bond donors (Lipinski definition) is 2. The summed E-state index contributed by atoms with van der Waals surface area (Å²) in [5.74, 6) is -0.478. The lowest BCUT2D eigenvalue weighted by Gasteiger charge is -2.09. The number of carbonyl (C=O) groups is 1. The van der Waals surface area contributed by atoms with Crippen molar-refractivity contribution in [1.29, 1.82) is 0 Å². The van der Waals surface area contributed by atoms with Gasteiger partial charge in [0.25, 0.3) is 0 Å². The second-order valence-electron chi connectivity index (χ2n) is 4.59. The van der Waals surface area contributed by atoms with Crippen molar-refractivity contribution in [3.05, 3.63) is 65.5 Å². The van der Waals surface area contributed by atoms with E-state index in [4.69, 9.17) is 0 Å². The average Bonchev–Trinajstić information content (AvgIpc) is 2.44. The van der Waals surface area contributed by atoms with E-state index >= 15 is 0 Å². The Bertz CT molecular complexity index is 599. The molecular weight excluding hydrogens is 255 g/mol. The van der Waals surface area contributed by atoms with Gasteiger partial charge >= 0.3 is 0 Å². The van der Waals surface area contributed by atoms with Gasteiger partial charge in [0.05, 0.1) is 6.54 Å². The van der Waals surface area contributed by atoms with E-state index in [1.807, 2.05) is 31.2 Å². The van der Waals surface area contributed by atoms with Gasteiger partial charge in [0.2, 0.25) is 5.91 Å². The number of aryl methyl sites for hydroxylation is 1. The predicted octanol–water partition coefficient (Wildman–Crippen LogP) is 2.86. The van der Waals surface area contributed by atoms with Crippen LogP contribution in [-0.2, 0) is 11.3 Å². The Morgan fingerprint density at radius 3 is 2.70 bits per heavy atom. The molecule has 0 aliphatic carbocycles. The fourth-order valence-electron chi connectivity index (χ4n) is 1.84. The molecule has 0 saturated carbocycles. The minimum absolute atomic E-state index is 0.165. The molecule has 0 spiro atoms. The van der Waals surface area contributed by atoms with E-state index in [1.54, 1.807) is 18.2 Å². The first-order valence-corrected chi connectivity index (χ1v) is 6.46. The first-order chi connectivity index (χ1) is 9.65. The summed E-state index contributed by atoms with van der Waals surface area (Å²) < 4.78 is 13.4. The van der Waals surface area contributed by atoms with Crippen molar-refractivity contribution in [2.24, 2.45) is 0 Å². The van der Waals surface area contributed by atoms with Gasteiger partial charge < -0.3 is 10.6 Å². The van der Waals surface area contributed by atoms with Crippen molar-refractivity contribution >= 4 is 11.6 Å². The minimum atomic E-state index is -0.306. The van der Waals surface area contributed by atoms with E-state index in [0.717, 1.165) is 11.3 Å². The summed E-state index contributed by atoms with van der Waals surface area (Å²) in [5.41, 5.74) is 2.50. The molecule has 0 aromatic heterocycles. The maximum atomic E-state index is 13.4. The molecule has 104 valence electrons. The molecule has 0 fully saturated rings. The largest absolute Gasteiger partial charge is 0.376 e. The lowest BCUT2D eigenvalue weighted by atomic mass is 10.2. The van der Waals surface area contributed by atoms with Gasteiger partial charge in [0.1, 0.15) is 5.82 Å². The molecule has 3 nitrogen and oxygen atoms in total. The van der Waals surface area contributed by atoms with E-state index in [-0.39, 0.29) is 24.8 Å². The molecule has 2 rings (SSSR count). The Hall–Kier alpha value is -2.36. The average molecular weight is 272 g/mol. The van der Waals surface area contributed by atoms with Crippen molar-refractivity contribution in [2.45, 2.75) is 13.5 Å². The zero-order valence-electron chi connectivity index (χ0n) is 11.3. The molecule has 0 saturated heterocycles. The SMILES string of the molecule is Cc1cccc(NCC(=O)NCc2ccccc2F)c1. The van der Waals surface area contributed by atoms with Crippen LogP contribution in [0.2, 0.25) is 0 Å². The van der Waals surface area contributed by atoms with E-state index in [2.05, 4.69) is 10.6 Å². The van der Waals surface area contributed by atoms with Crippen LogP contribution in [0.1, 0.15) is 11.1 Å². The summed E-state index contributed by atoms with van der Waals surface area (Å²) in [5, 5.41) is 5.71. The number of amides is 1. The van der Waals surface area contributed by atoms with Crippen molar-refractivity contribution in [1.82, 2.24) is 5.32 Å². The van der Waals surface area contributed by atoms with Crippen molar-refractivity contribution in [3.63, 3.8) is 0 Å². The number of nitrogens with one attached hydrogen (secondary N) is 2. The normalized spacial score (nSPS) is 10.1. The monoisotopic (exact) mass is 272 g/mol. The van der Waals surface area contributed by atoms with Crippen LogP contribution in [0.25, 0.3) is 0 Å². The molecule has 0 aliphatic rings. The minimum Gasteiger partial charge on any atom is -0.376 e. The van der Waals surface area contributed by atoms with Gasteiger partial charge in [-0.3, -0.25) is 4.79 Å². The number of benzene rings is 2. The molecule has 0 aliphatic heterocycles. The zero-order chi connectivity index (χ0) is 14.4. The van der Waals surface area contributed by atoms with Crippen LogP contribution in [0.5, 0.6) is 0 Å². The van der Waals surface area contributed by atoms with Crippen LogP contribution in [0, 0.1) is 12.7 Å². The van der Waals surface area contributed by atoms with Gasteiger partial charge in [-0.1, -0.05) is 30.3 Å². The summed E-state index contributed by atoms with van der Waals surface area (Å²) >= 11 is 0. The third-order valence-corrected chi connectivity index (χ3v) is 2.90. The predicted molar refractivity (Wildman–Crippen MR) is 77.9 cm³/mol. The third kappa shape index (κ3) is 4.09. The Kier molecular flexibility index (Phi) is 4.71. The standard InChI is InChI=1S/C16H17FN2O/c1-12-5-4-7-14(9-12)18-11-16(20)19-10-13-6-2-3-8-15(13)17/h2-9,18H,10-11H2,1H3,(H,19,20). The van der Waals surface area contributed by atoms with Crippen molar-refractivity contribution in [2.75, 3.05) is 11.9 Å². The Balaban J connectivity index is 1.80. The van der Waals surface area contributed by atoms with Gasteiger partial charge in [-0.05, 0) is 30.7 Å². The maximum Gasteiger partial charge on any atom is 0.239 e. The maximum absolute atomic E-state index is 13.4. The van der Waals surface area contributed by atoms with E-state index < -0.39 is 0 Å². The van der Waals surface area contributed by atoms with Crippen LogP contribution < -0.4 is 10.6 Å². The summed E-state index contributed by atoms with van der Waals surface area (Å²) in [6.07, 6.45) is 0. The molecule has 20 heavy (non-hydrogen) atoms. The summed E-state index contributed by atoms with van der Waals surface area (Å²) in [7, 11) is 0. The molecule has 2 N–H and O–H groups in total. The molecular formula is C16H17FN2O. The Morgan fingerprint density at radius 1 is 1.15 bits per heavy atom. The Labute approximate surface area is 117 Å². The lowest BCUT2D eigenvalue weighted by Crippen LogP contribution is -2.29. The number of carbonyl (C=O) groups excluding carboxylic acids is 1. The third-order valence-electron chi connectivity index (χ3n) is 2.90. The second-order valence-corrected chi connectivity index (χ2v) is 4.59. The van der Waals surface area contributed by atoms with Crippen LogP contribution in [0.15, 0.2) is 48.5 Å². The summed E-state index contributed by atoms with van der Waals surface area (Å²) in [6.45, 7) is 2.35. The fourth-order valence-corrected chi connectivity index (χ4v) is 1.84. The van der Waals surface area contributed by atoms with Crippen LogP contribution in [0.3, 0.4) is 0 Å². The fraction of sp³-hybridized carbons (Fsp3) is 0.188. The van der Waals surface area contributed by atoms with Crippen molar-refractivity contribution in [3.8, 4) is 0 Å². The van der Waals surface area contributed by atoms with Crippen molar-refractivity contribution < 1.29 is 9.18 Å². The van der Waals surface area contributed by atoms with Gasteiger partial charge in [0.15, 0.2) is 0 Å². The molecule has 0 atom stereocenters. The molecule has 2 aromatic carbocycles. The van der Waals surface area contributed by atoms with Crippen LogP contribution in [-0.4, -0.2) is 12.5 Å². The first kappa shape index (κ1) is 14.1. The molecule has 1 amide bonds. The van der Waals surface area contributed by atoms with E-state index in [9.17, 15) is 9.18 Å². The number of rotatable bonds is 5. The van der Waals surface area contributed by atoms with Gasteiger partial charge in [-0.15, -0.1) is 0 Å². The summed E-state index contributed by atoms with van der Waals surface area (Å²) in [6, 6.07) is 14.2. The molecule has 0 heterocycles. The van der Waals surface area contributed by atoms with E-state index in [1.165, 1.54) is 6.07 Å². The molecule has 0 unspecified atom stereocenters. The highest BCUT2D eigenvalue weighted by Gasteiger charge is 2.04. The number of halogens is 1. The Morgan fingerprint density at radius 2 is 1.95 bits per heavy atom. The van der Waals surface area contributed by atoms with E-state index in [0.29, 0.717) is 5.56 Å². The first-order valence-electron chi connectivity index (χ1n) is 6.46. The molecule has 4 heteroatoms. The molecule has 0 bridgehead atoms. The summed E-state index contributed by atoms with van der Waals surface area (Å²) in [4.78, 5) is 11.7. The lowest BCUT2D eigenvalue weighted by molar-refractivity contribution is -0.119. The topological polar surface area (TPSA) is 41.1 Å². The number of anilines is 1. The highest BCUT2D eigenvalue weighted by Crippen LogP contribution is 2.09. The van der Waals surface area contributed by atoms with Gasteiger partial charge in [0, 0.05) is 17.8 Å². The smallest absolute Gasteiger partial charge is 0.239 e. The number of hydrogen-bond acceptors (Lipinski definition) is 2. The molecule has 2 aromatic rings. The van der Waals surface area contributed by atoms with Crippen LogP contribution in [0.4, 0.5) is 10.1 Å². The highest BCUT2D eigenvalue weighted by atomic mass is 19.1. The van der Waals surface area contributed by atoms with Gasteiger partial charge in [-0.2, -0.15) is 0 Å². The van der Waals surface area contributed by atoms with Gasteiger partial charge in [-0.25, -0.2) is 4.39 Å². The second kappa shape index (κ2) is 6.70. The molecule has 0 radical (unpaired) electrons. The van der Waals surface area contributed by atoms with Crippen LogP contribution >= 0.6 is 0 Å². The highest BCUT2D eigenvalue weighted by molar-refractivity contribution is 5.80. The quantitative estimate of drug-likeness (QED) is 0.878. The zero-order valence-corrected chi connectivity index (χ0v) is 11.3.